The summed E-state index contributed by atoms with van der Waals surface area (Å²) in [5, 5.41) is 7.10. The number of carbonyl (C=O) groups is 1. The predicted molar refractivity (Wildman–Crippen MR) is 46.3 cm³/mol. The monoisotopic (exact) mass is 287 g/mol. The molecule has 0 rings (SSSR count). The van der Waals surface area contributed by atoms with Crippen LogP contribution < -0.4 is 0 Å². The summed E-state index contributed by atoms with van der Waals surface area (Å²) in [6.45, 7) is 1.41. The Balaban J connectivity index is 0. The molecule has 0 saturated carbocycles. The molecule has 7 heteroatoms. The summed E-state index contributed by atoms with van der Waals surface area (Å²) in [6.07, 6.45) is 0. The Labute approximate surface area is 81.1 Å². The van der Waals surface area contributed by atoms with Crippen LogP contribution in [0.25, 0.3) is 0 Å². The summed E-state index contributed by atoms with van der Waals surface area (Å²) in [4.78, 5) is 9.57. The zero-order chi connectivity index (χ0) is 8.73. The molecule has 2 nitrogen and oxygen atoms in total. The minimum atomic E-state index is -1.92. The SMILES string of the molecule is CC(Cl)C(=O)O.[Cl][Ge]([Cl])[Cl]. The van der Waals surface area contributed by atoms with Crippen LogP contribution in [0.2, 0.25) is 0 Å². The van der Waals surface area contributed by atoms with Crippen molar-refractivity contribution in [3.8, 4) is 0 Å². The van der Waals surface area contributed by atoms with Crippen LogP contribution in [-0.2, 0) is 4.79 Å². The molecule has 1 radical (unpaired) electrons. The molecule has 61 valence electrons. The molecule has 0 bridgehead atoms. The molecule has 0 aliphatic carbocycles. The maximum atomic E-state index is 9.57. The van der Waals surface area contributed by atoms with Crippen LogP contribution in [0.5, 0.6) is 0 Å². The van der Waals surface area contributed by atoms with Crippen LogP contribution in [-0.4, -0.2) is 28.0 Å². The van der Waals surface area contributed by atoms with Gasteiger partial charge in [-0.25, -0.2) is 0 Å². The fourth-order valence-corrected chi connectivity index (χ4v) is 0. The van der Waals surface area contributed by atoms with Crippen molar-refractivity contribution >= 4 is 59.2 Å². The van der Waals surface area contributed by atoms with Gasteiger partial charge in [-0.1, -0.05) is 0 Å². The van der Waals surface area contributed by atoms with Crippen molar-refractivity contribution in [3.63, 3.8) is 0 Å². The van der Waals surface area contributed by atoms with E-state index in [4.69, 9.17) is 46.7 Å². The first-order valence-corrected chi connectivity index (χ1v) is 10.8. The number of carboxylic acids is 1. The van der Waals surface area contributed by atoms with E-state index < -0.39 is 22.9 Å². The molecule has 0 fully saturated rings. The van der Waals surface area contributed by atoms with E-state index in [9.17, 15) is 4.79 Å². The topological polar surface area (TPSA) is 37.3 Å². The van der Waals surface area contributed by atoms with Gasteiger partial charge >= 0.3 is 47.6 Å². The second-order valence-corrected chi connectivity index (χ2v) is 11.6. The summed E-state index contributed by atoms with van der Waals surface area (Å²) in [5.74, 6) is -0.975. The molecule has 0 aromatic carbocycles. The summed E-state index contributed by atoms with van der Waals surface area (Å²) < 4.78 is 0. The number of rotatable bonds is 1. The molecule has 0 aromatic rings. The van der Waals surface area contributed by atoms with E-state index in [-0.39, 0.29) is 0 Å². The van der Waals surface area contributed by atoms with Crippen LogP contribution in [0, 0.1) is 0 Å². The van der Waals surface area contributed by atoms with Crippen LogP contribution in [0.3, 0.4) is 0 Å². The zero-order valence-corrected chi connectivity index (χ0v) is 10.1. The summed E-state index contributed by atoms with van der Waals surface area (Å²) in [5.41, 5.74) is 0. The van der Waals surface area contributed by atoms with Gasteiger partial charge in [0.2, 0.25) is 0 Å². The van der Waals surface area contributed by atoms with Crippen molar-refractivity contribution in [2.75, 3.05) is 0 Å². The van der Waals surface area contributed by atoms with E-state index in [1.54, 1.807) is 0 Å². The summed E-state index contributed by atoms with van der Waals surface area (Å²) >= 11 is 3.10. The average molecular weight is 287 g/mol. The van der Waals surface area contributed by atoms with Gasteiger partial charge in [-0.3, -0.25) is 4.79 Å². The van der Waals surface area contributed by atoms with Crippen molar-refractivity contribution in [2.24, 2.45) is 0 Å². The number of hydrogen-bond acceptors (Lipinski definition) is 1. The quantitative estimate of drug-likeness (QED) is 0.594. The zero-order valence-electron chi connectivity index (χ0n) is 4.94. The van der Waals surface area contributed by atoms with E-state index in [2.05, 4.69) is 0 Å². The van der Waals surface area contributed by atoms with Gasteiger partial charge in [-0.15, -0.1) is 11.6 Å². The van der Waals surface area contributed by atoms with Crippen molar-refractivity contribution in [2.45, 2.75) is 12.3 Å². The molecule has 1 atom stereocenters. The van der Waals surface area contributed by atoms with Gasteiger partial charge in [-0.2, -0.15) is 0 Å². The second-order valence-electron chi connectivity index (χ2n) is 1.17. The van der Waals surface area contributed by atoms with Crippen molar-refractivity contribution in [1.82, 2.24) is 0 Å². The number of halogens is 4. The predicted octanol–water partition coefficient (Wildman–Crippen LogP) is 2.39. The molecular weight excluding hydrogens is 282 g/mol. The van der Waals surface area contributed by atoms with Crippen LogP contribution >= 0.6 is 41.6 Å². The third-order valence-electron chi connectivity index (χ3n) is 0.340. The molecule has 1 unspecified atom stereocenters. The van der Waals surface area contributed by atoms with Crippen molar-refractivity contribution in [1.29, 1.82) is 0 Å². The van der Waals surface area contributed by atoms with Gasteiger partial charge in [0.05, 0.1) is 0 Å². The van der Waals surface area contributed by atoms with E-state index in [0.717, 1.165) is 0 Å². The second kappa shape index (κ2) is 8.27. The molecule has 0 spiro atoms. The van der Waals surface area contributed by atoms with Gasteiger partial charge < -0.3 is 5.11 Å². The van der Waals surface area contributed by atoms with Gasteiger partial charge in [-0.05, 0) is 6.92 Å². The Kier molecular flexibility index (Phi) is 11.4. The minimum absolute atomic E-state index is 0.759. The molecule has 0 aromatic heterocycles. The van der Waals surface area contributed by atoms with Crippen LogP contribution in [0.1, 0.15) is 6.92 Å². The standard InChI is InChI=1S/C3H5ClO2.Cl3Ge/c1-2(4)3(5)6;1-4(2)3/h2H,1H3,(H,5,6);. The molecule has 0 aliphatic heterocycles. The van der Waals surface area contributed by atoms with Crippen molar-refractivity contribution < 1.29 is 9.90 Å². The Bertz CT molecular complexity index is 93.7. The third kappa shape index (κ3) is 22.9. The van der Waals surface area contributed by atoms with Crippen molar-refractivity contribution in [3.05, 3.63) is 0 Å². The summed E-state index contributed by atoms with van der Waals surface area (Å²) in [6, 6.07) is 0. The Hall–Kier alpha value is 1.17. The van der Waals surface area contributed by atoms with E-state index in [0.29, 0.717) is 0 Å². The molecule has 0 heterocycles. The molecule has 0 amide bonds. The molecule has 10 heavy (non-hydrogen) atoms. The number of hydrogen-bond donors (Lipinski definition) is 1. The third-order valence-corrected chi connectivity index (χ3v) is 0.527. The maximum absolute atomic E-state index is 9.57. The molecular formula is C3H5Cl4GeO2. The van der Waals surface area contributed by atoms with Crippen LogP contribution in [0.15, 0.2) is 0 Å². The fourth-order valence-electron chi connectivity index (χ4n) is 0. The van der Waals surface area contributed by atoms with Gasteiger partial charge in [0.1, 0.15) is 5.38 Å². The fraction of sp³-hybridized carbons (Fsp3) is 0.667. The summed E-state index contributed by atoms with van der Waals surface area (Å²) in [7, 11) is 14.9. The molecule has 0 saturated heterocycles. The first kappa shape index (κ1) is 13.7. The molecule has 0 aliphatic rings. The normalized spacial score (nSPS) is 11.8. The Morgan fingerprint density at radius 1 is 1.50 bits per heavy atom. The molecule has 1 N–H and O–H groups in total. The van der Waals surface area contributed by atoms with E-state index >= 15 is 0 Å². The average Bonchev–Trinajstić information content (AvgIpc) is 1.63. The Morgan fingerprint density at radius 3 is 1.60 bits per heavy atom. The number of aliphatic carboxylic acids is 1. The van der Waals surface area contributed by atoms with E-state index in [1.165, 1.54) is 6.92 Å². The number of alkyl halides is 1. The van der Waals surface area contributed by atoms with Gasteiger partial charge in [0, 0.05) is 0 Å². The van der Waals surface area contributed by atoms with Crippen LogP contribution in [0.4, 0.5) is 0 Å². The van der Waals surface area contributed by atoms with E-state index in [1.807, 2.05) is 0 Å². The Morgan fingerprint density at radius 2 is 1.60 bits per heavy atom. The van der Waals surface area contributed by atoms with Gasteiger partial charge in [0.15, 0.2) is 0 Å². The van der Waals surface area contributed by atoms with Gasteiger partial charge in [0.25, 0.3) is 0 Å². The first-order valence-electron chi connectivity index (χ1n) is 2.08. The first-order chi connectivity index (χ1) is 4.37. The number of carboxylic acid groups (broad SMARTS) is 1.